The number of aryl methyl sites for hydroxylation is 1. The van der Waals surface area contributed by atoms with Gasteiger partial charge in [-0.05, 0) is 82.5 Å². The first-order valence-corrected chi connectivity index (χ1v) is 17.6. The van der Waals surface area contributed by atoms with Gasteiger partial charge in [-0.3, -0.25) is 9.59 Å². The molecular weight excluding hydrogens is 618 g/mol. The molecule has 4 rings (SSSR count). The van der Waals surface area contributed by atoms with Gasteiger partial charge in [-0.2, -0.15) is 4.31 Å². The molecule has 11 heteroatoms. The fraction of sp³-hybridized carbons (Fsp3) is 0.444. The van der Waals surface area contributed by atoms with E-state index in [4.69, 9.17) is 9.47 Å². The minimum Gasteiger partial charge on any atom is -0.490 e. The third-order valence-electron chi connectivity index (χ3n) is 8.51. The lowest BCUT2D eigenvalue weighted by molar-refractivity contribution is -0.00834. The van der Waals surface area contributed by atoms with E-state index < -0.39 is 22.2 Å². The van der Waals surface area contributed by atoms with E-state index in [2.05, 4.69) is 5.32 Å². The molecule has 2 amide bonds. The highest BCUT2D eigenvalue weighted by atomic mass is 32.2. The maximum Gasteiger partial charge on any atom is 0.258 e. The molecule has 3 aromatic carbocycles. The Morgan fingerprint density at radius 2 is 1.77 bits per heavy atom. The number of ether oxygens (including phenoxy) is 2. The van der Waals surface area contributed by atoms with E-state index >= 15 is 0 Å². The fourth-order valence-electron chi connectivity index (χ4n) is 5.50. The summed E-state index contributed by atoms with van der Waals surface area (Å²) in [5, 5.41) is 13.1. The van der Waals surface area contributed by atoms with Crippen molar-refractivity contribution < 1.29 is 32.6 Å². The number of aliphatic hydroxyl groups is 1. The number of benzene rings is 3. The maximum absolute atomic E-state index is 14.3. The molecule has 47 heavy (non-hydrogen) atoms. The zero-order chi connectivity index (χ0) is 34.1. The molecular formula is C36H47N3O7S. The van der Waals surface area contributed by atoms with Crippen LogP contribution in [0, 0.1) is 12.8 Å². The van der Waals surface area contributed by atoms with Gasteiger partial charge in [-0.1, -0.05) is 42.8 Å². The Balaban J connectivity index is 1.65. The van der Waals surface area contributed by atoms with E-state index in [-0.39, 0.29) is 54.0 Å². The Labute approximate surface area is 278 Å². The Kier molecular flexibility index (Phi) is 12.6. The third kappa shape index (κ3) is 9.41. The molecule has 4 atom stereocenters. The second-order valence-corrected chi connectivity index (χ2v) is 14.5. The Hall–Kier alpha value is -3.77. The van der Waals surface area contributed by atoms with Crippen molar-refractivity contribution in [3.63, 3.8) is 0 Å². The number of nitrogens with zero attached hydrogens (tertiary/aromatic N) is 2. The molecule has 10 nitrogen and oxygen atoms in total. The predicted octanol–water partition coefficient (Wildman–Crippen LogP) is 5.36. The van der Waals surface area contributed by atoms with Crippen molar-refractivity contribution in [2.75, 3.05) is 38.7 Å². The lowest BCUT2D eigenvalue weighted by atomic mass is 10.0. The summed E-state index contributed by atoms with van der Waals surface area (Å²) in [6.07, 6.45) is 1.52. The van der Waals surface area contributed by atoms with Crippen LogP contribution in [0.25, 0.3) is 0 Å². The second-order valence-electron chi connectivity index (χ2n) is 12.4. The van der Waals surface area contributed by atoms with Gasteiger partial charge >= 0.3 is 0 Å². The molecule has 254 valence electrons. The summed E-state index contributed by atoms with van der Waals surface area (Å²) in [7, 11) is -2.25. The molecule has 1 aliphatic heterocycles. The number of carbonyl (C=O) groups excluding carboxylic acids is 2. The number of aliphatic hydroxyl groups excluding tert-OH is 1. The summed E-state index contributed by atoms with van der Waals surface area (Å²) in [6, 6.07) is 20.0. The van der Waals surface area contributed by atoms with Crippen molar-refractivity contribution in [2.24, 2.45) is 5.92 Å². The van der Waals surface area contributed by atoms with Crippen LogP contribution in [0.15, 0.2) is 77.7 Å². The van der Waals surface area contributed by atoms with E-state index in [1.165, 1.54) is 11.4 Å². The molecule has 0 radical (unpaired) electrons. The first kappa shape index (κ1) is 36.1. The van der Waals surface area contributed by atoms with Crippen molar-refractivity contribution in [3.05, 3.63) is 89.5 Å². The van der Waals surface area contributed by atoms with E-state index in [9.17, 15) is 23.1 Å². The third-order valence-corrected chi connectivity index (χ3v) is 10.3. The standard InChI is InChI=1S/C36H47N3O7S/c1-25-14-17-31(18-15-25)47(43,44)38(5)23-34-26(2)22-39(27(3)24-40)36(42)32-21-30(37-35(41)29-12-7-6-8-13-29)16-19-33(32)46-28(4)11-9-10-20-45-34/h6-8,12-19,21,26-28,34,40H,9-11,20,22-24H2,1-5H3,(H,37,41)/t26-,27+,28-,34-/m0/s1. The summed E-state index contributed by atoms with van der Waals surface area (Å²) in [6.45, 7) is 7.91. The number of likely N-dealkylation sites (N-methyl/N-ethyl adjacent to an activating group) is 1. The molecule has 0 aliphatic carbocycles. The van der Waals surface area contributed by atoms with Crippen LogP contribution in [0.5, 0.6) is 5.75 Å². The van der Waals surface area contributed by atoms with Crippen LogP contribution < -0.4 is 10.1 Å². The van der Waals surface area contributed by atoms with E-state index in [0.29, 0.717) is 30.0 Å². The number of carbonyl (C=O) groups is 2. The Morgan fingerprint density at radius 1 is 1.06 bits per heavy atom. The molecule has 0 spiro atoms. The fourth-order valence-corrected chi connectivity index (χ4v) is 6.68. The molecule has 2 N–H and O–H groups in total. The van der Waals surface area contributed by atoms with Crippen molar-refractivity contribution in [1.29, 1.82) is 0 Å². The lowest BCUT2D eigenvalue weighted by Gasteiger charge is -2.35. The average Bonchev–Trinajstić information content (AvgIpc) is 3.06. The number of amides is 2. The summed E-state index contributed by atoms with van der Waals surface area (Å²) in [4.78, 5) is 29.0. The van der Waals surface area contributed by atoms with Crippen molar-refractivity contribution in [1.82, 2.24) is 9.21 Å². The van der Waals surface area contributed by atoms with Gasteiger partial charge in [0.25, 0.3) is 11.8 Å². The van der Waals surface area contributed by atoms with Crippen LogP contribution in [0.3, 0.4) is 0 Å². The van der Waals surface area contributed by atoms with E-state index in [1.54, 1.807) is 78.6 Å². The summed E-state index contributed by atoms with van der Waals surface area (Å²) >= 11 is 0. The first-order valence-electron chi connectivity index (χ1n) is 16.1. The molecule has 1 heterocycles. The number of nitrogens with one attached hydrogen (secondary N) is 1. The SMILES string of the molecule is Cc1ccc(S(=O)(=O)N(C)C[C@@H]2OCCCC[C@H](C)Oc3ccc(NC(=O)c4ccccc4)cc3C(=O)N([C@H](C)CO)C[C@@H]2C)cc1. The maximum atomic E-state index is 14.3. The Morgan fingerprint density at radius 3 is 2.45 bits per heavy atom. The van der Waals surface area contributed by atoms with Crippen LogP contribution >= 0.6 is 0 Å². The number of rotatable bonds is 8. The zero-order valence-corrected chi connectivity index (χ0v) is 28.7. The largest absolute Gasteiger partial charge is 0.490 e. The second kappa shape index (κ2) is 16.4. The summed E-state index contributed by atoms with van der Waals surface area (Å²) in [5.74, 6) is -0.618. The minimum atomic E-state index is -3.79. The van der Waals surface area contributed by atoms with Crippen LogP contribution in [0.1, 0.15) is 66.3 Å². The molecule has 3 aromatic rings. The van der Waals surface area contributed by atoms with Crippen LogP contribution in [-0.4, -0.2) is 86.1 Å². The van der Waals surface area contributed by atoms with Gasteiger partial charge in [0.2, 0.25) is 10.0 Å². The highest BCUT2D eigenvalue weighted by Crippen LogP contribution is 2.29. The van der Waals surface area contributed by atoms with Gasteiger partial charge in [0.15, 0.2) is 0 Å². The molecule has 0 aromatic heterocycles. The first-order chi connectivity index (χ1) is 22.4. The van der Waals surface area contributed by atoms with Gasteiger partial charge in [-0.25, -0.2) is 8.42 Å². The molecule has 0 saturated carbocycles. The molecule has 0 saturated heterocycles. The minimum absolute atomic E-state index is 0.0820. The molecule has 0 unspecified atom stereocenters. The summed E-state index contributed by atoms with van der Waals surface area (Å²) < 4.78 is 40.8. The number of fused-ring (bicyclic) bond motifs is 1. The van der Waals surface area contributed by atoms with Crippen LogP contribution in [0.2, 0.25) is 0 Å². The van der Waals surface area contributed by atoms with Gasteiger partial charge in [0.1, 0.15) is 5.75 Å². The highest BCUT2D eigenvalue weighted by Gasteiger charge is 2.32. The topological polar surface area (TPSA) is 125 Å². The molecule has 0 bridgehead atoms. The monoisotopic (exact) mass is 665 g/mol. The van der Waals surface area contributed by atoms with E-state index in [1.807, 2.05) is 26.8 Å². The van der Waals surface area contributed by atoms with Crippen molar-refractivity contribution >= 4 is 27.5 Å². The van der Waals surface area contributed by atoms with Gasteiger partial charge in [0, 0.05) is 43.9 Å². The number of anilines is 1. The predicted molar refractivity (Wildman–Crippen MR) is 182 cm³/mol. The lowest BCUT2D eigenvalue weighted by Crippen LogP contribution is -2.48. The van der Waals surface area contributed by atoms with Crippen molar-refractivity contribution in [2.45, 2.75) is 70.1 Å². The van der Waals surface area contributed by atoms with Crippen LogP contribution in [0.4, 0.5) is 5.69 Å². The van der Waals surface area contributed by atoms with Gasteiger partial charge < -0.3 is 24.8 Å². The Bertz CT molecular complexity index is 1600. The zero-order valence-electron chi connectivity index (χ0n) is 27.9. The smallest absolute Gasteiger partial charge is 0.258 e. The number of hydrogen-bond donors (Lipinski definition) is 2. The number of sulfonamides is 1. The van der Waals surface area contributed by atoms with Gasteiger partial charge in [-0.15, -0.1) is 0 Å². The molecule has 1 aliphatic rings. The number of hydrogen-bond acceptors (Lipinski definition) is 7. The molecule has 0 fully saturated rings. The van der Waals surface area contributed by atoms with E-state index in [0.717, 1.165) is 18.4 Å². The van der Waals surface area contributed by atoms with Crippen LogP contribution in [-0.2, 0) is 14.8 Å². The quantitative estimate of drug-likeness (QED) is 0.332. The normalized spacial score (nSPS) is 20.5. The summed E-state index contributed by atoms with van der Waals surface area (Å²) in [5.41, 5.74) is 2.12. The average molecular weight is 666 g/mol. The highest BCUT2D eigenvalue weighted by molar-refractivity contribution is 7.89. The van der Waals surface area contributed by atoms with Gasteiger partial charge in [0.05, 0.1) is 35.3 Å². The van der Waals surface area contributed by atoms with Crippen molar-refractivity contribution in [3.8, 4) is 5.75 Å².